The molecule has 198 valence electrons. The average Bonchev–Trinajstić information content (AvgIpc) is 3.19. The van der Waals surface area contributed by atoms with Crippen molar-refractivity contribution in [2.24, 2.45) is 11.8 Å². The Labute approximate surface area is 217 Å². The normalized spacial score (nSPS) is 35.5. The van der Waals surface area contributed by atoms with Gasteiger partial charge in [-0.2, -0.15) is 0 Å². The second kappa shape index (κ2) is 9.10. The minimum atomic E-state index is -1.39. The Bertz CT molecular complexity index is 1140. The summed E-state index contributed by atoms with van der Waals surface area (Å²) >= 11 is 0. The Hall–Kier alpha value is -2.97. The standard InChI is InChI=1S/C29H36N2O6/c1-27(2,3)30-16-11-15-29-21(22-26(35)36-17-10-6-9-14-28(22,4)37-29)24(33)31(23(29)25(30)34)20(18-32)19-12-7-5-8-13-19/h5,7-9,11-15,20-23,32H,6,10,16-18H2,1-4H3/b14-9-/t20-,21+,22+,23?,28-,29+/m1/s1. The van der Waals surface area contributed by atoms with Crippen LogP contribution >= 0.6 is 0 Å². The van der Waals surface area contributed by atoms with Crippen LogP contribution in [0.2, 0.25) is 0 Å². The number of aliphatic hydroxyl groups is 1. The van der Waals surface area contributed by atoms with E-state index in [2.05, 4.69) is 0 Å². The molecule has 4 heterocycles. The molecule has 1 N–H and O–H groups in total. The minimum Gasteiger partial charge on any atom is -0.465 e. The van der Waals surface area contributed by atoms with E-state index in [0.717, 1.165) is 0 Å². The number of carbonyl (C=O) groups is 3. The number of rotatable bonds is 3. The fraction of sp³-hybridized carbons (Fsp3) is 0.552. The van der Waals surface area contributed by atoms with Crippen LogP contribution in [0.25, 0.3) is 0 Å². The topological polar surface area (TPSA) is 96.4 Å². The van der Waals surface area contributed by atoms with E-state index in [1.54, 1.807) is 11.8 Å². The lowest BCUT2D eigenvalue weighted by Crippen LogP contribution is -2.59. The van der Waals surface area contributed by atoms with E-state index in [4.69, 9.17) is 9.47 Å². The van der Waals surface area contributed by atoms with E-state index in [0.29, 0.717) is 24.9 Å². The molecule has 8 heteroatoms. The van der Waals surface area contributed by atoms with Gasteiger partial charge >= 0.3 is 5.97 Å². The number of aliphatic hydroxyl groups excluding tert-OH is 1. The molecule has 2 saturated heterocycles. The van der Waals surface area contributed by atoms with E-state index < -0.39 is 46.6 Å². The van der Waals surface area contributed by atoms with Crippen molar-refractivity contribution in [3.63, 3.8) is 0 Å². The van der Waals surface area contributed by atoms with Crippen LogP contribution in [-0.4, -0.2) is 75.2 Å². The van der Waals surface area contributed by atoms with Gasteiger partial charge in [0.05, 0.1) is 30.8 Å². The maximum atomic E-state index is 14.5. The number of allylic oxidation sites excluding steroid dienone is 1. The quantitative estimate of drug-likeness (QED) is 0.498. The minimum absolute atomic E-state index is 0.257. The summed E-state index contributed by atoms with van der Waals surface area (Å²) in [6.45, 7) is 7.86. The van der Waals surface area contributed by atoms with Crippen LogP contribution < -0.4 is 0 Å². The Kier molecular flexibility index (Phi) is 6.31. The lowest BCUT2D eigenvalue weighted by Gasteiger charge is -2.43. The molecule has 1 unspecified atom stereocenters. The number of nitrogens with zero attached hydrogens (tertiary/aromatic N) is 2. The third-order valence-corrected chi connectivity index (χ3v) is 8.19. The van der Waals surface area contributed by atoms with Gasteiger partial charge in [-0.25, -0.2) is 0 Å². The van der Waals surface area contributed by atoms with Gasteiger partial charge in [-0.3, -0.25) is 14.4 Å². The smallest absolute Gasteiger partial charge is 0.313 e. The number of fused-ring (bicyclic) bond motifs is 2. The number of carbonyl (C=O) groups excluding carboxylic acids is 3. The highest BCUT2D eigenvalue weighted by Gasteiger charge is 2.75. The molecular weight excluding hydrogens is 472 g/mol. The predicted octanol–water partition coefficient (Wildman–Crippen LogP) is 2.78. The van der Waals surface area contributed by atoms with Gasteiger partial charge < -0.3 is 24.4 Å². The monoisotopic (exact) mass is 508 g/mol. The Morgan fingerprint density at radius 1 is 1.05 bits per heavy atom. The highest BCUT2D eigenvalue weighted by molar-refractivity contribution is 5.99. The Morgan fingerprint density at radius 2 is 1.78 bits per heavy atom. The van der Waals surface area contributed by atoms with Crippen LogP contribution in [0, 0.1) is 11.8 Å². The first-order valence-electron chi connectivity index (χ1n) is 13.1. The highest BCUT2D eigenvalue weighted by atomic mass is 16.6. The molecule has 0 aliphatic carbocycles. The molecule has 0 bridgehead atoms. The van der Waals surface area contributed by atoms with Gasteiger partial charge in [0.1, 0.15) is 17.6 Å². The van der Waals surface area contributed by atoms with Gasteiger partial charge in [0.25, 0.3) is 0 Å². The zero-order chi connectivity index (χ0) is 26.6. The molecule has 5 rings (SSSR count). The zero-order valence-electron chi connectivity index (χ0n) is 21.9. The van der Waals surface area contributed by atoms with E-state index in [9.17, 15) is 19.5 Å². The van der Waals surface area contributed by atoms with Crippen molar-refractivity contribution in [2.75, 3.05) is 19.8 Å². The molecule has 4 aliphatic rings. The van der Waals surface area contributed by atoms with Crippen molar-refractivity contribution in [3.8, 4) is 0 Å². The molecule has 1 aromatic carbocycles. The van der Waals surface area contributed by atoms with Gasteiger partial charge in [0.15, 0.2) is 0 Å². The van der Waals surface area contributed by atoms with Gasteiger partial charge in [0, 0.05) is 12.1 Å². The predicted molar refractivity (Wildman–Crippen MR) is 136 cm³/mol. The molecule has 2 fully saturated rings. The first-order chi connectivity index (χ1) is 17.5. The summed E-state index contributed by atoms with van der Waals surface area (Å²) in [4.78, 5) is 45.6. The summed E-state index contributed by atoms with van der Waals surface area (Å²) in [5.41, 5.74) is -2.34. The number of cyclic esters (lactones) is 1. The number of ether oxygens (including phenoxy) is 2. The summed E-state index contributed by atoms with van der Waals surface area (Å²) in [6, 6.07) is 7.34. The molecule has 37 heavy (non-hydrogen) atoms. The van der Waals surface area contributed by atoms with E-state index in [1.165, 1.54) is 4.90 Å². The van der Waals surface area contributed by atoms with Crippen LogP contribution in [0.1, 0.15) is 52.1 Å². The molecule has 0 saturated carbocycles. The van der Waals surface area contributed by atoms with Gasteiger partial charge in [-0.1, -0.05) is 54.6 Å². The zero-order valence-corrected chi connectivity index (χ0v) is 21.9. The number of benzene rings is 1. The van der Waals surface area contributed by atoms with Gasteiger partial charge in [0.2, 0.25) is 11.8 Å². The number of likely N-dealkylation sites (tertiary alicyclic amines) is 1. The molecule has 2 amide bonds. The lowest BCUT2D eigenvalue weighted by molar-refractivity contribution is -0.162. The molecular formula is C29H36N2O6. The van der Waals surface area contributed by atoms with Crippen molar-refractivity contribution < 1.29 is 29.0 Å². The molecule has 4 aliphatic heterocycles. The molecule has 6 atom stereocenters. The molecule has 1 aromatic rings. The van der Waals surface area contributed by atoms with Crippen LogP contribution in [0.3, 0.4) is 0 Å². The van der Waals surface area contributed by atoms with Gasteiger partial charge in [-0.15, -0.1) is 0 Å². The average molecular weight is 509 g/mol. The third kappa shape index (κ3) is 3.92. The van der Waals surface area contributed by atoms with Crippen LogP contribution in [0.4, 0.5) is 0 Å². The van der Waals surface area contributed by atoms with E-state index >= 15 is 0 Å². The first-order valence-corrected chi connectivity index (χ1v) is 13.1. The molecule has 0 aromatic heterocycles. The molecule has 0 radical (unpaired) electrons. The van der Waals surface area contributed by atoms with Gasteiger partial charge in [-0.05, 0) is 46.1 Å². The van der Waals surface area contributed by atoms with E-state index in [1.807, 2.05) is 75.4 Å². The maximum Gasteiger partial charge on any atom is 0.313 e. The second-order valence-electron chi connectivity index (χ2n) is 11.6. The lowest BCUT2D eigenvalue weighted by atomic mass is 9.74. The maximum absolute atomic E-state index is 14.5. The fourth-order valence-corrected chi connectivity index (χ4v) is 6.54. The number of hydrogen-bond acceptors (Lipinski definition) is 6. The van der Waals surface area contributed by atoms with E-state index in [-0.39, 0.29) is 25.0 Å². The third-order valence-electron chi connectivity index (χ3n) is 8.19. The number of esters is 1. The van der Waals surface area contributed by atoms with Crippen molar-refractivity contribution in [3.05, 3.63) is 60.2 Å². The summed E-state index contributed by atoms with van der Waals surface area (Å²) in [6.07, 6.45) is 8.91. The van der Waals surface area contributed by atoms with Crippen molar-refractivity contribution in [2.45, 2.75) is 69.4 Å². The summed E-state index contributed by atoms with van der Waals surface area (Å²) in [5.74, 6) is -3.07. The fourth-order valence-electron chi connectivity index (χ4n) is 6.54. The Balaban J connectivity index is 1.72. The van der Waals surface area contributed by atoms with Crippen molar-refractivity contribution in [1.29, 1.82) is 0 Å². The summed E-state index contributed by atoms with van der Waals surface area (Å²) < 4.78 is 12.4. The SMILES string of the molecule is CC(C)(C)N1CC=C[C@]23O[C@]4(C)/C=C\CCCOC(=O)[C@@H]4[C@H]2C(=O)N([C@H](CO)c2ccccc2)C3C1=O. The van der Waals surface area contributed by atoms with Crippen LogP contribution in [0.15, 0.2) is 54.6 Å². The number of amides is 2. The van der Waals surface area contributed by atoms with Crippen molar-refractivity contribution in [1.82, 2.24) is 9.80 Å². The summed E-state index contributed by atoms with van der Waals surface area (Å²) in [7, 11) is 0. The summed E-state index contributed by atoms with van der Waals surface area (Å²) in [5, 5.41) is 10.6. The first kappa shape index (κ1) is 25.7. The number of hydrogen-bond donors (Lipinski definition) is 1. The van der Waals surface area contributed by atoms with Crippen LogP contribution in [-0.2, 0) is 23.9 Å². The second-order valence-corrected chi connectivity index (χ2v) is 11.6. The van der Waals surface area contributed by atoms with Crippen LogP contribution in [0.5, 0.6) is 0 Å². The van der Waals surface area contributed by atoms with Crippen molar-refractivity contribution >= 4 is 17.8 Å². The largest absolute Gasteiger partial charge is 0.465 e. The Morgan fingerprint density at radius 3 is 2.46 bits per heavy atom. The highest BCUT2D eigenvalue weighted by Crippen LogP contribution is 2.58. The molecule has 1 spiro atoms. The molecule has 8 nitrogen and oxygen atoms in total.